The van der Waals surface area contributed by atoms with Crippen molar-refractivity contribution in [2.24, 2.45) is 11.8 Å². The molecule has 0 unspecified atom stereocenters. The molecule has 2 rings (SSSR count). The fourth-order valence-corrected chi connectivity index (χ4v) is 4.91. The SMILES string of the molecule is COCCC[C@@H]1CCN[C@H](C(=O)N[C@H](C(C)C)[C@H]2O[C@H](SC)[C@H](O)[C@@H](O)[C@H]2O)C1. The molecule has 0 radical (unpaired) electrons. The van der Waals surface area contributed by atoms with Crippen LogP contribution in [0.5, 0.6) is 0 Å². The number of hydrogen-bond acceptors (Lipinski definition) is 8. The standard InChI is InChI=1S/C20H38N2O6S/c1-11(2)14(18-16(24)15(23)17(25)20(28-18)29-4)22-19(26)13-10-12(7-8-21-13)6-5-9-27-3/h11-18,20-21,23-25H,5-10H2,1-4H3,(H,22,26)/t12-,13+,14-,15+,16-,17-,18-,20-/m1/s1. The highest BCUT2D eigenvalue weighted by Gasteiger charge is 2.47. The zero-order chi connectivity index (χ0) is 21.6. The third-order valence-electron chi connectivity index (χ3n) is 6.01. The van der Waals surface area contributed by atoms with E-state index in [9.17, 15) is 20.1 Å². The molecule has 0 aromatic carbocycles. The molecule has 0 aromatic rings. The molecule has 1 amide bonds. The molecule has 2 fully saturated rings. The first-order chi connectivity index (χ1) is 13.8. The molecule has 9 heteroatoms. The van der Waals surface area contributed by atoms with Crippen molar-refractivity contribution in [2.45, 2.75) is 81.5 Å². The van der Waals surface area contributed by atoms with Crippen LogP contribution in [0.4, 0.5) is 0 Å². The van der Waals surface area contributed by atoms with Crippen LogP contribution in [0.3, 0.4) is 0 Å². The summed E-state index contributed by atoms with van der Waals surface area (Å²) in [6, 6.07) is -0.768. The summed E-state index contributed by atoms with van der Waals surface area (Å²) in [5.74, 6) is 0.343. The Morgan fingerprint density at radius 1 is 1.28 bits per heavy atom. The predicted octanol–water partition coefficient (Wildman–Crippen LogP) is 0.0926. The zero-order valence-electron chi connectivity index (χ0n) is 17.9. The maximum atomic E-state index is 13.0. The summed E-state index contributed by atoms with van der Waals surface area (Å²) in [5.41, 5.74) is -0.658. The number of rotatable bonds is 9. The Labute approximate surface area is 178 Å². The van der Waals surface area contributed by atoms with Gasteiger partial charge in [0.1, 0.15) is 29.9 Å². The van der Waals surface area contributed by atoms with E-state index in [-0.39, 0.29) is 17.9 Å². The van der Waals surface area contributed by atoms with Crippen LogP contribution in [-0.2, 0) is 14.3 Å². The second kappa shape index (κ2) is 11.8. The predicted molar refractivity (Wildman–Crippen MR) is 113 cm³/mol. The summed E-state index contributed by atoms with van der Waals surface area (Å²) in [7, 11) is 1.70. The van der Waals surface area contributed by atoms with Gasteiger partial charge in [-0.25, -0.2) is 0 Å². The van der Waals surface area contributed by atoms with Gasteiger partial charge >= 0.3 is 0 Å². The summed E-state index contributed by atoms with van der Waals surface area (Å²) in [6.07, 6.45) is 1.05. The van der Waals surface area contributed by atoms with Gasteiger partial charge in [0.15, 0.2) is 0 Å². The first-order valence-electron chi connectivity index (χ1n) is 10.5. The Morgan fingerprint density at radius 2 is 2.00 bits per heavy atom. The minimum Gasteiger partial charge on any atom is -0.388 e. The van der Waals surface area contributed by atoms with Gasteiger partial charge in [-0.2, -0.15) is 0 Å². The molecule has 8 atom stereocenters. The average molecular weight is 435 g/mol. The molecule has 2 aliphatic heterocycles. The lowest BCUT2D eigenvalue weighted by Gasteiger charge is -2.44. The molecule has 0 spiro atoms. The first kappa shape index (κ1) is 24.8. The number of ether oxygens (including phenoxy) is 2. The number of aliphatic hydroxyl groups excluding tert-OH is 3. The van der Waals surface area contributed by atoms with Gasteiger partial charge in [-0.15, -0.1) is 11.8 Å². The van der Waals surface area contributed by atoms with E-state index in [0.29, 0.717) is 5.92 Å². The quantitative estimate of drug-likeness (QED) is 0.324. The average Bonchev–Trinajstić information content (AvgIpc) is 2.71. The fraction of sp³-hybridized carbons (Fsp3) is 0.950. The summed E-state index contributed by atoms with van der Waals surface area (Å²) < 4.78 is 11.0. The minimum atomic E-state index is -1.32. The smallest absolute Gasteiger partial charge is 0.237 e. The van der Waals surface area contributed by atoms with Crippen molar-refractivity contribution >= 4 is 17.7 Å². The second-order valence-corrected chi connectivity index (χ2v) is 9.42. The van der Waals surface area contributed by atoms with Crippen LogP contribution in [-0.4, -0.2) is 89.7 Å². The zero-order valence-corrected chi connectivity index (χ0v) is 18.7. The fourth-order valence-electron chi connectivity index (χ4n) is 4.23. The molecular weight excluding hydrogens is 396 g/mol. The molecule has 29 heavy (non-hydrogen) atoms. The topological polar surface area (TPSA) is 120 Å². The summed E-state index contributed by atoms with van der Waals surface area (Å²) in [4.78, 5) is 13.0. The molecule has 0 bridgehead atoms. The van der Waals surface area contributed by atoms with Gasteiger partial charge < -0.3 is 35.4 Å². The number of aliphatic hydroxyl groups is 3. The third-order valence-corrected chi connectivity index (χ3v) is 6.86. The minimum absolute atomic E-state index is 0.0235. The number of methoxy groups -OCH3 is 1. The highest BCUT2D eigenvalue weighted by atomic mass is 32.2. The summed E-state index contributed by atoms with van der Waals surface area (Å²) in [6.45, 7) is 5.41. The Balaban J connectivity index is 2.01. The number of carbonyl (C=O) groups is 1. The lowest BCUT2D eigenvalue weighted by Crippen LogP contribution is -2.65. The molecule has 2 aliphatic rings. The highest BCUT2D eigenvalue weighted by molar-refractivity contribution is 7.99. The van der Waals surface area contributed by atoms with E-state index < -0.39 is 35.9 Å². The third kappa shape index (κ3) is 6.53. The number of carbonyl (C=O) groups excluding carboxylic acids is 1. The second-order valence-electron chi connectivity index (χ2n) is 8.49. The Morgan fingerprint density at radius 3 is 2.62 bits per heavy atom. The lowest BCUT2D eigenvalue weighted by atomic mass is 9.86. The van der Waals surface area contributed by atoms with Crippen molar-refractivity contribution in [2.75, 3.05) is 26.5 Å². The van der Waals surface area contributed by atoms with Crippen molar-refractivity contribution in [1.29, 1.82) is 0 Å². The molecule has 2 heterocycles. The monoisotopic (exact) mass is 434 g/mol. The summed E-state index contributed by atoms with van der Waals surface area (Å²) in [5, 5.41) is 37.2. The molecule has 0 saturated carbocycles. The number of thioether (sulfide) groups is 1. The van der Waals surface area contributed by atoms with Gasteiger partial charge in [-0.1, -0.05) is 13.8 Å². The molecule has 0 aromatic heterocycles. The van der Waals surface area contributed by atoms with Gasteiger partial charge in [0.2, 0.25) is 5.91 Å². The van der Waals surface area contributed by atoms with Crippen molar-refractivity contribution < 1.29 is 29.6 Å². The molecule has 2 saturated heterocycles. The maximum Gasteiger partial charge on any atom is 0.237 e. The highest BCUT2D eigenvalue weighted by Crippen LogP contribution is 2.30. The van der Waals surface area contributed by atoms with E-state index in [0.717, 1.165) is 38.8 Å². The molecular formula is C20H38N2O6S. The van der Waals surface area contributed by atoms with E-state index in [1.165, 1.54) is 11.8 Å². The molecule has 8 nitrogen and oxygen atoms in total. The van der Waals surface area contributed by atoms with Gasteiger partial charge in [0, 0.05) is 13.7 Å². The van der Waals surface area contributed by atoms with E-state index in [1.54, 1.807) is 13.4 Å². The molecule has 5 N–H and O–H groups in total. The molecule has 0 aliphatic carbocycles. The van der Waals surface area contributed by atoms with Crippen LogP contribution in [0.15, 0.2) is 0 Å². The number of nitrogens with one attached hydrogen (secondary N) is 2. The van der Waals surface area contributed by atoms with E-state index in [1.807, 2.05) is 13.8 Å². The van der Waals surface area contributed by atoms with Gasteiger partial charge in [-0.3, -0.25) is 4.79 Å². The molecule has 170 valence electrons. The Bertz CT molecular complexity index is 509. The maximum absolute atomic E-state index is 13.0. The number of hydrogen-bond donors (Lipinski definition) is 5. The van der Waals surface area contributed by atoms with E-state index in [4.69, 9.17) is 9.47 Å². The van der Waals surface area contributed by atoms with Crippen molar-refractivity contribution in [3.05, 3.63) is 0 Å². The van der Waals surface area contributed by atoms with Crippen LogP contribution >= 0.6 is 11.8 Å². The van der Waals surface area contributed by atoms with Gasteiger partial charge in [0.05, 0.1) is 12.1 Å². The van der Waals surface area contributed by atoms with Gasteiger partial charge in [-0.05, 0) is 50.3 Å². The van der Waals surface area contributed by atoms with Crippen molar-refractivity contribution in [3.63, 3.8) is 0 Å². The largest absolute Gasteiger partial charge is 0.388 e. The van der Waals surface area contributed by atoms with Gasteiger partial charge in [0.25, 0.3) is 0 Å². The van der Waals surface area contributed by atoms with Crippen molar-refractivity contribution in [3.8, 4) is 0 Å². The normalized spacial score (nSPS) is 36.8. The Kier molecular flexibility index (Phi) is 10.1. The van der Waals surface area contributed by atoms with Crippen LogP contribution < -0.4 is 10.6 Å². The Hall–Kier alpha value is -0.420. The van der Waals surface area contributed by atoms with Crippen molar-refractivity contribution in [1.82, 2.24) is 10.6 Å². The summed E-state index contributed by atoms with van der Waals surface area (Å²) >= 11 is 1.27. The van der Waals surface area contributed by atoms with Crippen LogP contribution in [0.1, 0.15) is 39.5 Å². The first-order valence-corrected chi connectivity index (χ1v) is 11.8. The lowest BCUT2D eigenvalue weighted by molar-refractivity contribution is -0.208. The van der Waals surface area contributed by atoms with Crippen LogP contribution in [0, 0.1) is 11.8 Å². The number of piperidine rings is 1. The van der Waals surface area contributed by atoms with Crippen LogP contribution in [0.25, 0.3) is 0 Å². The van der Waals surface area contributed by atoms with Crippen LogP contribution in [0.2, 0.25) is 0 Å². The van der Waals surface area contributed by atoms with E-state index >= 15 is 0 Å². The van der Waals surface area contributed by atoms with E-state index in [2.05, 4.69) is 10.6 Å². The number of amides is 1.